The predicted octanol–water partition coefficient (Wildman–Crippen LogP) is 15.6. The molecule has 1 aliphatic carbocycles. The molecule has 0 amide bonds. The Kier molecular flexibility index (Phi) is 11.2. The van der Waals surface area contributed by atoms with Gasteiger partial charge in [0.05, 0.1) is 23.1 Å². The minimum absolute atomic E-state index is 0.0445. The summed E-state index contributed by atoms with van der Waals surface area (Å²) in [5, 5.41) is 3.60. The van der Waals surface area contributed by atoms with E-state index in [0.717, 1.165) is 41.6 Å². The summed E-state index contributed by atoms with van der Waals surface area (Å²) >= 11 is 0. The van der Waals surface area contributed by atoms with Gasteiger partial charge >= 0.3 is 0 Å². The third-order valence-corrected chi connectivity index (χ3v) is 13.0. The lowest BCUT2D eigenvalue weighted by Gasteiger charge is -2.34. The molecule has 57 heavy (non-hydrogen) atoms. The van der Waals surface area contributed by atoms with Crippen molar-refractivity contribution in [3.63, 3.8) is 0 Å². The molecule has 8 rings (SSSR count). The van der Waals surface area contributed by atoms with Crippen LogP contribution in [0.4, 0.5) is 0 Å². The van der Waals surface area contributed by atoms with Crippen LogP contribution in [0, 0.1) is 19.8 Å². The van der Waals surface area contributed by atoms with E-state index < -0.39 is 0 Å². The van der Waals surface area contributed by atoms with Crippen LogP contribution >= 0.6 is 0 Å². The lowest BCUT2D eigenvalue weighted by atomic mass is 9.70. The highest BCUT2D eigenvalue weighted by Gasteiger charge is 2.42. The Bertz CT molecular complexity index is 2570. The van der Waals surface area contributed by atoms with Crippen molar-refractivity contribution in [2.45, 2.75) is 105 Å². The Morgan fingerprint density at radius 2 is 1.30 bits per heavy atom. The van der Waals surface area contributed by atoms with Crippen molar-refractivity contribution < 1.29 is 0 Å². The number of hydrogen-bond donors (Lipinski definition) is 0. The van der Waals surface area contributed by atoms with Gasteiger partial charge in [-0.15, -0.1) is 0 Å². The summed E-state index contributed by atoms with van der Waals surface area (Å²) in [6, 6.07) is 43.2. The number of aryl methyl sites for hydroxylation is 3. The average molecular weight is 747 g/mol. The van der Waals surface area contributed by atoms with Crippen LogP contribution in [0.15, 0.2) is 133 Å². The van der Waals surface area contributed by atoms with E-state index in [2.05, 4.69) is 163 Å². The first kappa shape index (κ1) is 38.5. The summed E-state index contributed by atoms with van der Waals surface area (Å²) in [7, 11) is 0. The van der Waals surface area contributed by atoms with Gasteiger partial charge in [-0.05, 0) is 125 Å². The number of nitrogens with zero attached hydrogens (tertiary/aromatic N) is 2. The van der Waals surface area contributed by atoms with Crippen LogP contribution in [0.1, 0.15) is 101 Å². The molecule has 1 unspecified atom stereocenters. The van der Waals surface area contributed by atoms with Crippen molar-refractivity contribution in [3.8, 4) is 44.8 Å². The van der Waals surface area contributed by atoms with E-state index in [1.807, 2.05) is 6.20 Å². The topological polar surface area (TPSA) is 25.8 Å². The summed E-state index contributed by atoms with van der Waals surface area (Å²) in [5.41, 5.74) is 17.0. The van der Waals surface area contributed by atoms with Crippen molar-refractivity contribution in [2.75, 3.05) is 0 Å². The molecule has 0 N–H and O–H groups in total. The summed E-state index contributed by atoms with van der Waals surface area (Å²) in [6.07, 6.45) is 15.6. The van der Waals surface area contributed by atoms with Crippen LogP contribution in [-0.4, -0.2) is 9.97 Å². The zero-order valence-corrected chi connectivity index (χ0v) is 35.0. The maximum Gasteiger partial charge on any atom is 0.0899 e. The minimum Gasteiger partial charge on any atom is -0.254 e. The van der Waals surface area contributed by atoms with Gasteiger partial charge in [0.15, 0.2) is 0 Å². The van der Waals surface area contributed by atoms with E-state index in [1.165, 1.54) is 105 Å². The number of allylic oxidation sites excluding steroid dienone is 2. The van der Waals surface area contributed by atoms with Crippen molar-refractivity contribution in [2.24, 2.45) is 5.92 Å². The van der Waals surface area contributed by atoms with Crippen molar-refractivity contribution >= 4 is 21.7 Å². The number of fused-ring (bicyclic) bond motifs is 2. The molecule has 0 radical (unpaired) electrons. The highest BCUT2D eigenvalue weighted by molar-refractivity contribution is 6.01. The smallest absolute Gasteiger partial charge is 0.0899 e. The molecule has 0 fully saturated rings. The van der Waals surface area contributed by atoms with Gasteiger partial charge in [0.2, 0.25) is 0 Å². The first-order valence-electron chi connectivity index (χ1n) is 21.7. The molecule has 2 nitrogen and oxygen atoms in total. The second-order valence-electron chi connectivity index (χ2n) is 16.6. The molecule has 0 saturated heterocycles. The molecule has 2 heteroatoms. The highest BCUT2D eigenvalue weighted by atomic mass is 14.8. The fraction of sp³-hybridized carbons (Fsp3) is 0.309. The van der Waals surface area contributed by atoms with Gasteiger partial charge in [-0.1, -0.05) is 162 Å². The van der Waals surface area contributed by atoms with E-state index >= 15 is 0 Å². The van der Waals surface area contributed by atoms with Gasteiger partial charge in [0, 0.05) is 21.9 Å². The van der Waals surface area contributed by atoms with Gasteiger partial charge in [-0.25, -0.2) is 4.98 Å². The third-order valence-electron chi connectivity index (χ3n) is 13.0. The Labute approximate surface area is 341 Å². The van der Waals surface area contributed by atoms with Gasteiger partial charge in [0.25, 0.3) is 0 Å². The first-order valence-corrected chi connectivity index (χ1v) is 21.7. The monoisotopic (exact) mass is 746 g/mol. The summed E-state index contributed by atoms with van der Waals surface area (Å²) in [6.45, 7) is 13.7. The van der Waals surface area contributed by atoms with Gasteiger partial charge in [-0.3, -0.25) is 4.98 Å². The molecule has 1 aliphatic rings. The molecule has 0 bridgehead atoms. The Morgan fingerprint density at radius 1 is 0.596 bits per heavy atom. The van der Waals surface area contributed by atoms with E-state index in [-0.39, 0.29) is 5.41 Å². The molecule has 288 valence electrons. The van der Waals surface area contributed by atoms with Crippen LogP contribution in [0.2, 0.25) is 0 Å². The molecule has 2 aromatic heterocycles. The Balaban J connectivity index is 1.31. The maximum absolute atomic E-state index is 5.56. The molecule has 7 aromatic rings. The molecular weight excluding hydrogens is 689 g/mol. The van der Waals surface area contributed by atoms with E-state index in [1.54, 1.807) is 5.57 Å². The zero-order chi connectivity index (χ0) is 39.5. The number of benzene rings is 5. The van der Waals surface area contributed by atoms with Crippen molar-refractivity contribution in [1.29, 1.82) is 0 Å². The Hall–Kier alpha value is -5.34. The normalized spacial score (nSPS) is 14.0. The van der Waals surface area contributed by atoms with Crippen LogP contribution in [0.5, 0.6) is 0 Å². The third kappa shape index (κ3) is 7.72. The van der Waals surface area contributed by atoms with E-state index in [4.69, 9.17) is 9.97 Å². The molecular formula is C55H58N2. The van der Waals surface area contributed by atoms with Crippen LogP contribution in [-0.2, 0) is 11.8 Å². The second-order valence-corrected chi connectivity index (χ2v) is 16.6. The summed E-state index contributed by atoms with van der Waals surface area (Å²) in [4.78, 5) is 10.7. The Morgan fingerprint density at radius 3 is 2.05 bits per heavy atom. The highest BCUT2D eigenvalue weighted by Crippen LogP contribution is 2.53. The number of aromatic nitrogens is 2. The fourth-order valence-corrected chi connectivity index (χ4v) is 9.60. The number of rotatable bonds is 15. The summed E-state index contributed by atoms with van der Waals surface area (Å²) < 4.78 is 0. The van der Waals surface area contributed by atoms with E-state index in [0.29, 0.717) is 5.92 Å². The largest absolute Gasteiger partial charge is 0.254 e. The fourth-order valence-electron chi connectivity index (χ4n) is 9.60. The molecule has 0 aliphatic heterocycles. The SMILES string of the molecule is CCCCCCCCc1cccc(-c2ccc(C(CC)(CC)C3=CC3C)c(-c3cc(-c4ccc5ccccc5c4)c4cc(-c5c(C)cccc5C)ncc4n3)c2)c1. The number of unbranched alkanes of at least 4 members (excludes halogenated alkanes) is 5. The second kappa shape index (κ2) is 16.6. The first-order chi connectivity index (χ1) is 27.8. The molecule has 1 atom stereocenters. The van der Waals surface area contributed by atoms with Crippen molar-refractivity contribution in [1.82, 2.24) is 9.97 Å². The molecule has 0 saturated carbocycles. The standard InChI is InChI=1S/C55H58N2/c1-7-10-11-12-13-14-21-40-22-18-25-42(31-40)44-28-29-49(55(8-2,9-3)50-30-39(50)6)48(33-44)51-34-46(45-27-26-41-23-15-16-24-43(41)32-45)47-35-52(56-36-53(47)57-51)54-37(4)19-17-20-38(54)5/h15-20,22-36,39H,7-14,21H2,1-6H3. The van der Waals surface area contributed by atoms with Gasteiger partial charge < -0.3 is 0 Å². The number of pyridine rings is 2. The molecule has 0 spiro atoms. The maximum atomic E-state index is 5.56. The molecule has 2 heterocycles. The van der Waals surface area contributed by atoms with Crippen LogP contribution in [0.3, 0.4) is 0 Å². The lowest BCUT2D eigenvalue weighted by Crippen LogP contribution is -2.25. The van der Waals surface area contributed by atoms with Gasteiger partial charge in [0.1, 0.15) is 0 Å². The predicted molar refractivity (Wildman–Crippen MR) is 245 cm³/mol. The van der Waals surface area contributed by atoms with Crippen molar-refractivity contribution in [3.05, 3.63) is 155 Å². The van der Waals surface area contributed by atoms with E-state index in [9.17, 15) is 0 Å². The quantitative estimate of drug-likeness (QED) is 0.0771. The zero-order valence-electron chi connectivity index (χ0n) is 35.0. The molecule has 5 aromatic carbocycles. The van der Waals surface area contributed by atoms with Crippen LogP contribution in [0.25, 0.3) is 66.4 Å². The lowest BCUT2D eigenvalue weighted by molar-refractivity contribution is 0.468. The average Bonchev–Trinajstić information content (AvgIpc) is 3.98. The van der Waals surface area contributed by atoms with Crippen LogP contribution < -0.4 is 0 Å². The minimum atomic E-state index is -0.0445. The van der Waals surface area contributed by atoms with Gasteiger partial charge in [-0.2, -0.15) is 0 Å². The number of hydrogen-bond acceptors (Lipinski definition) is 2. The summed E-state index contributed by atoms with van der Waals surface area (Å²) in [5.74, 6) is 0.529.